The Hall–Kier alpha value is -2.19. The summed E-state index contributed by atoms with van der Waals surface area (Å²) >= 11 is 6.73. The number of carbonyl (C=O) groups is 1. The first-order valence-electron chi connectivity index (χ1n) is 11.3. The standard InChI is InChI=1S/C24H30N4O2S2/c1-5-6-9-28-23(30)19(32-24(28)31)12-18-21(26-13-15(2)11-16(3)14-26)25-20-17(4)8-7-10-27(20)22(18)29/h7-8,10,12,15-16H,5-6,9,11,13-14H2,1-4H3/b19-12+/t15-,16+. The Balaban J connectivity index is 1.85. The number of anilines is 1. The third kappa shape index (κ3) is 4.35. The van der Waals surface area contributed by atoms with Crippen LogP contribution in [0.25, 0.3) is 11.7 Å². The van der Waals surface area contributed by atoms with Gasteiger partial charge in [-0.15, -0.1) is 0 Å². The lowest BCUT2D eigenvalue weighted by molar-refractivity contribution is -0.122. The van der Waals surface area contributed by atoms with Crippen LogP contribution in [0.2, 0.25) is 0 Å². The Morgan fingerprint density at radius 3 is 2.66 bits per heavy atom. The number of aromatic nitrogens is 2. The molecule has 8 heteroatoms. The summed E-state index contributed by atoms with van der Waals surface area (Å²) in [4.78, 5) is 36.0. The van der Waals surface area contributed by atoms with Gasteiger partial charge in [0.15, 0.2) is 0 Å². The number of pyridine rings is 1. The lowest BCUT2D eigenvalue weighted by atomic mass is 9.91. The van der Waals surface area contributed by atoms with E-state index in [-0.39, 0.29) is 11.5 Å². The SMILES string of the molecule is CCCCN1C(=O)/C(=C\c2c(N3C[C@H](C)C[C@H](C)C3)nc3c(C)cccn3c2=O)SC1=S. The summed E-state index contributed by atoms with van der Waals surface area (Å²) in [7, 11) is 0. The molecule has 2 aromatic rings. The van der Waals surface area contributed by atoms with Gasteiger partial charge in [-0.1, -0.05) is 57.2 Å². The number of piperidine rings is 1. The van der Waals surface area contributed by atoms with Crippen LogP contribution in [0.15, 0.2) is 28.0 Å². The maximum absolute atomic E-state index is 13.6. The molecule has 2 aliphatic rings. The van der Waals surface area contributed by atoms with Crippen molar-refractivity contribution < 1.29 is 4.79 Å². The highest BCUT2D eigenvalue weighted by molar-refractivity contribution is 8.26. The second-order valence-corrected chi connectivity index (χ2v) is 10.8. The minimum absolute atomic E-state index is 0.117. The van der Waals surface area contributed by atoms with Crippen molar-refractivity contribution in [2.45, 2.75) is 47.0 Å². The molecular formula is C24H30N4O2S2. The minimum Gasteiger partial charge on any atom is -0.355 e. The van der Waals surface area contributed by atoms with Gasteiger partial charge in [-0.3, -0.25) is 18.9 Å². The molecule has 2 fully saturated rings. The molecule has 0 spiro atoms. The Bertz CT molecular complexity index is 1150. The van der Waals surface area contributed by atoms with E-state index < -0.39 is 0 Å². The molecule has 1 amide bonds. The number of hydrogen-bond donors (Lipinski definition) is 0. The predicted octanol–water partition coefficient (Wildman–Crippen LogP) is 4.49. The number of rotatable bonds is 5. The highest BCUT2D eigenvalue weighted by atomic mass is 32.2. The van der Waals surface area contributed by atoms with Crippen LogP contribution in [-0.4, -0.2) is 44.1 Å². The molecule has 170 valence electrons. The van der Waals surface area contributed by atoms with Crippen LogP contribution in [0.4, 0.5) is 5.82 Å². The van der Waals surface area contributed by atoms with Gasteiger partial charge in [0.1, 0.15) is 15.8 Å². The molecule has 0 aliphatic carbocycles. The van der Waals surface area contributed by atoms with E-state index in [4.69, 9.17) is 17.2 Å². The van der Waals surface area contributed by atoms with Gasteiger partial charge in [0.25, 0.3) is 11.5 Å². The van der Waals surface area contributed by atoms with Crippen molar-refractivity contribution >= 4 is 51.7 Å². The van der Waals surface area contributed by atoms with Gasteiger partial charge in [0.05, 0.1) is 10.5 Å². The second-order valence-electron chi connectivity index (χ2n) is 9.08. The van der Waals surface area contributed by atoms with Crippen LogP contribution >= 0.6 is 24.0 Å². The van der Waals surface area contributed by atoms with E-state index in [1.54, 1.807) is 21.6 Å². The van der Waals surface area contributed by atoms with Crippen molar-refractivity contribution in [2.24, 2.45) is 11.8 Å². The van der Waals surface area contributed by atoms with Crippen LogP contribution in [-0.2, 0) is 4.79 Å². The van der Waals surface area contributed by atoms with Crippen molar-refractivity contribution in [1.82, 2.24) is 14.3 Å². The molecule has 0 unspecified atom stereocenters. The topological polar surface area (TPSA) is 57.9 Å². The number of thioether (sulfide) groups is 1. The maximum atomic E-state index is 13.6. The van der Waals surface area contributed by atoms with Gasteiger partial charge in [-0.05, 0) is 49.3 Å². The average molecular weight is 471 g/mol. The summed E-state index contributed by atoms with van der Waals surface area (Å²) < 4.78 is 2.14. The molecule has 0 bridgehead atoms. The number of aryl methyl sites for hydroxylation is 1. The molecule has 4 heterocycles. The van der Waals surface area contributed by atoms with Gasteiger partial charge in [0, 0.05) is 25.8 Å². The van der Waals surface area contributed by atoms with E-state index in [2.05, 4.69) is 25.7 Å². The van der Waals surface area contributed by atoms with Crippen LogP contribution in [0.5, 0.6) is 0 Å². The molecule has 2 atom stereocenters. The summed E-state index contributed by atoms with van der Waals surface area (Å²) in [5.41, 5.74) is 1.91. The largest absolute Gasteiger partial charge is 0.355 e. The van der Waals surface area contributed by atoms with Crippen LogP contribution < -0.4 is 10.5 Å². The summed E-state index contributed by atoms with van der Waals surface area (Å²) in [6, 6.07) is 3.82. The summed E-state index contributed by atoms with van der Waals surface area (Å²) in [5, 5.41) is 0. The fraction of sp³-hybridized carbons (Fsp3) is 0.500. The van der Waals surface area contributed by atoms with Crippen molar-refractivity contribution in [3.8, 4) is 0 Å². The second kappa shape index (κ2) is 9.35. The number of thiocarbonyl (C=S) groups is 1. The molecule has 6 nitrogen and oxygen atoms in total. The van der Waals surface area contributed by atoms with Gasteiger partial charge >= 0.3 is 0 Å². The first-order chi connectivity index (χ1) is 15.3. The first-order valence-corrected chi connectivity index (χ1v) is 12.5. The van der Waals surface area contributed by atoms with Crippen molar-refractivity contribution in [2.75, 3.05) is 24.5 Å². The molecule has 2 aromatic heterocycles. The van der Waals surface area contributed by atoms with E-state index in [0.717, 1.165) is 37.9 Å². The Labute approximate surface area is 198 Å². The van der Waals surface area contributed by atoms with Crippen molar-refractivity contribution in [3.05, 3.63) is 44.7 Å². The smallest absolute Gasteiger partial charge is 0.267 e. The number of fused-ring (bicyclic) bond motifs is 1. The van der Waals surface area contributed by atoms with E-state index in [1.165, 1.54) is 11.8 Å². The van der Waals surface area contributed by atoms with Gasteiger partial charge < -0.3 is 4.90 Å². The van der Waals surface area contributed by atoms with Gasteiger partial charge in [0.2, 0.25) is 0 Å². The van der Waals surface area contributed by atoms with Crippen molar-refractivity contribution in [1.29, 1.82) is 0 Å². The van der Waals surface area contributed by atoms with Crippen LogP contribution in [0.3, 0.4) is 0 Å². The fourth-order valence-electron chi connectivity index (χ4n) is 4.64. The van der Waals surface area contributed by atoms with E-state index in [0.29, 0.717) is 44.6 Å². The van der Waals surface area contributed by atoms with Crippen molar-refractivity contribution in [3.63, 3.8) is 0 Å². The predicted molar refractivity (Wildman–Crippen MR) is 136 cm³/mol. The Kier molecular flexibility index (Phi) is 6.72. The normalized spacial score (nSPS) is 23.1. The van der Waals surface area contributed by atoms with E-state index in [1.807, 2.05) is 19.1 Å². The number of hydrogen-bond acceptors (Lipinski definition) is 6. The lowest BCUT2D eigenvalue weighted by Gasteiger charge is -2.36. The Morgan fingerprint density at radius 1 is 1.25 bits per heavy atom. The van der Waals surface area contributed by atoms with Gasteiger partial charge in [-0.2, -0.15) is 0 Å². The van der Waals surface area contributed by atoms with Crippen LogP contribution in [0.1, 0.15) is 51.2 Å². The average Bonchev–Trinajstić information content (AvgIpc) is 3.00. The monoisotopic (exact) mass is 470 g/mol. The third-order valence-corrected chi connectivity index (χ3v) is 7.49. The summed E-state index contributed by atoms with van der Waals surface area (Å²) in [6.45, 7) is 10.8. The number of amides is 1. The lowest BCUT2D eigenvalue weighted by Crippen LogP contribution is -2.40. The van der Waals surface area contributed by atoms with E-state index in [9.17, 15) is 9.59 Å². The number of carbonyl (C=O) groups excluding carboxylic acids is 1. The number of nitrogens with zero attached hydrogens (tertiary/aromatic N) is 4. The zero-order valence-corrected chi connectivity index (χ0v) is 20.8. The fourth-order valence-corrected chi connectivity index (χ4v) is 5.93. The summed E-state index contributed by atoms with van der Waals surface area (Å²) in [6.07, 6.45) is 6.50. The minimum atomic E-state index is -0.154. The molecule has 2 aliphatic heterocycles. The molecule has 32 heavy (non-hydrogen) atoms. The quantitative estimate of drug-likeness (QED) is 0.474. The van der Waals surface area contributed by atoms with Gasteiger partial charge in [-0.25, -0.2) is 4.98 Å². The molecular weight excluding hydrogens is 440 g/mol. The summed E-state index contributed by atoms with van der Waals surface area (Å²) in [5.74, 6) is 1.57. The van der Waals surface area contributed by atoms with Crippen LogP contribution in [0, 0.1) is 18.8 Å². The first kappa shape index (κ1) is 23.0. The molecule has 0 aromatic carbocycles. The zero-order valence-electron chi connectivity index (χ0n) is 19.1. The zero-order chi connectivity index (χ0) is 23.0. The number of unbranched alkanes of at least 4 members (excludes halogenated alkanes) is 1. The highest BCUT2D eigenvalue weighted by Crippen LogP contribution is 2.34. The molecule has 0 N–H and O–H groups in total. The van der Waals surface area contributed by atoms with E-state index >= 15 is 0 Å². The highest BCUT2D eigenvalue weighted by Gasteiger charge is 2.33. The molecule has 4 rings (SSSR count). The maximum Gasteiger partial charge on any atom is 0.267 e. The molecule has 0 radical (unpaired) electrons. The Morgan fingerprint density at radius 2 is 1.97 bits per heavy atom. The molecule has 0 saturated carbocycles. The molecule has 2 saturated heterocycles. The third-order valence-electron chi connectivity index (χ3n) is 6.12.